The molecule has 3 aromatic rings. The standard InChI is InChI=1S/C23H19F2NO2/c24-18-8-3-5-15(11-18)12-20(16-7-4-9-19(25)13-16)26-23(27)22-14-17-6-1-2-10-21(17)28-22/h1-11,13,20,22H,12,14H2,(H,26,27)/t20-,22+/m1/s1. The molecular weight excluding hydrogens is 360 g/mol. The van der Waals surface area contributed by atoms with E-state index in [1.165, 1.54) is 24.3 Å². The van der Waals surface area contributed by atoms with Crippen LogP contribution in [0.5, 0.6) is 5.75 Å². The van der Waals surface area contributed by atoms with Gasteiger partial charge >= 0.3 is 0 Å². The first-order valence-electron chi connectivity index (χ1n) is 9.13. The molecule has 5 heteroatoms. The molecule has 28 heavy (non-hydrogen) atoms. The maximum Gasteiger partial charge on any atom is 0.261 e. The van der Waals surface area contributed by atoms with Gasteiger partial charge in [-0.05, 0) is 53.4 Å². The molecule has 0 unspecified atom stereocenters. The summed E-state index contributed by atoms with van der Waals surface area (Å²) >= 11 is 0. The molecule has 0 bridgehead atoms. The minimum Gasteiger partial charge on any atom is -0.480 e. The van der Waals surface area contributed by atoms with Gasteiger partial charge in [0.05, 0.1) is 6.04 Å². The number of amides is 1. The van der Waals surface area contributed by atoms with Crippen LogP contribution in [-0.4, -0.2) is 12.0 Å². The van der Waals surface area contributed by atoms with Gasteiger partial charge in [0.15, 0.2) is 6.10 Å². The van der Waals surface area contributed by atoms with Crippen LogP contribution in [-0.2, 0) is 17.6 Å². The SMILES string of the molecule is O=C(N[C@H](Cc1cccc(F)c1)c1cccc(F)c1)[C@@H]1Cc2ccccc2O1. The molecule has 0 fully saturated rings. The molecule has 1 N–H and O–H groups in total. The highest BCUT2D eigenvalue weighted by Gasteiger charge is 2.30. The summed E-state index contributed by atoms with van der Waals surface area (Å²) in [6, 6.07) is 19.3. The molecule has 0 saturated carbocycles. The monoisotopic (exact) mass is 379 g/mol. The maximum absolute atomic E-state index is 13.8. The van der Waals surface area contributed by atoms with Crippen molar-refractivity contribution >= 4 is 5.91 Å². The van der Waals surface area contributed by atoms with Gasteiger partial charge in [0.1, 0.15) is 17.4 Å². The van der Waals surface area contributed by atoms with Crippen LogP contribution in [0.3, 0.4) is 0 Å². The van der Waals surface area contributed by atoms with E-state index in [1.807, 2.05) is 24.3 Å². The number of ether oxygens (including phenoxy) is 1. The molecule has 2 atom stereocenters. The van der Waals surface area contributed by atoms with Gasteiger partial charge in [-0.1, -0.05) is 42.5 Å². The Morgan fingerprint density at radius 3 is 2.50 bits per heavy atom. The number of hydrogen-bond donors (Lipinski definition) is 1. The maximum atomic E-state index is 13.8. The first-order valence-corrected chi connectivity index (χ1v) is 9.13. The van der Waals surface area contributed by atoms with E-state index in [-0.39, 0.29) is 17.5 Å². The number of carbonyl (C=O) groups excluding carboxylic acids is 1. The van der Waals surface area contributed by atoms with Crippen molar-refractivity contribution in [2.24, 2.45) is 0 Å². The van der Waals surface area contributed by atoms with E-state index >= 15 is 0 Å². The second kappa shape index (κ2) is 7.80. The Hall–Kier alpha value is -3.21. The lowest BCUT2D eigenvalue weighted by Crippen LogP contribution is -2.40. The second-order valence-corrected chi connectivity index (χ2v) is 6.87. The van der Waals surface area contributed by atoms with Crippen molar-refractivity contribution in [1.82, 2.24) is 5.32 Å². The predicted octanol–water partition coefficient (Wildman–Crippen LogP) is 4.37. The van der Waals surface area contributed by atoms with Crippen molar-refractivity contribution in [3.8, 4) is 5.75 Å². The summed E-state index contributed by atoms with van der Waals surface area (Å²) in [5.74, 6) is -0.311. The fraction of sp³-hybridized carbons (Fsp3) is 0.174. The molecule has 1 heterocycles. The number of nitrogens with one attached hydrogen (secondary N) is 1. The van der Waals surface area contributed by atoms with Gasteiger partial charge < -0.3 is 10.1 Å². The molecule has 0 aliphatic carbocycles. The van der Waals surface area contributed by atoms with Crippen molar-refractivity contribution in [1.29, 1.82) is 0 Å². The second-order valence-electron chi connectivity index (χ2n) is 6.87. The summed E-state index contributed by atoms with van der Waals surface area (Å²) in [6.45, 7) is 0. The quantitative estimate of drug-likeness (QED) is 0.715. The highest BCUT2D eigenvalue weighted by Crippen LogP contribution is 2.29. The van der Waals surface area contributed by atoms with Crippen molar-refractivity contribution in [2.75, 3.05) is 0 Å². The Bertz CT molecular complexity index is 980. The van der Waals surface area contributed by atoms with Gasteiger partial charge in [0.25, 0.3) is 5.91 Å². The van der Waals surface area contributed by atoms with E-state index in [9.17, 15) is 13.6 Å². The number of carbonyl (C=O) groups is 1. The van der Waals surface area contributed by atoms with E-state index in [0.717, 1.165) is 5.56 Å². The van der Waals surface area contributed by atoms with E-state index < -0.39 is 12.1 Å². The van der Waals surface area contributed by atoms with Crippen LogP contribution in [0.1, 0.15) is 22.7 Å². The topological polar surface area (TPSA) is 38.3 Å². The summed E-state index contributed by atoms with van der Waals surface area (Å²) in [7, 11) is 0. The van der Waals surface area contributed by atoms with Crippen LogP contribution in [0, 0.1) is 11.6 Å². The van der Waals surface area contributed by atoms with Crippen LogP contribution in [0.25, 0.3) is 0 Å². The number of hydrogen-bond acceptors (Lipinski definition) is 2. The zero-order chi connectivity index (χ0) is 19.5. The number of benzene rings is 3. The Morgan fingerprint density at radius 1 is 1.00 bits per heavy atom. The molecule has 4 rings (SSSR count). The number of halogens is 2. The Kier molecular flexibility index (Phi) is 5.06. The first-order chi connectivity index (χ1) is 13.6. The molecule has 142 valence electrons. The molecule has 1 aliphatic rings. The lowest BCUT2D eigenvalue weighted by atomic mass is 9.98. The molecule has 1 aliphatic heterocycles. The average molecular weight is 379 g/mol. The molecule has 0 spiro atoms. The van der Waals surface area contributed by atoms with Crippen LogP contribution in [0.2, 0.25) is 0 Å². The molecule has 3 nitrogen and oxygen atoms in total. The largest absolute Gasteiger partial charge is 0.480 e. The van der Waals surface area contributed by atoms with E-state index in [1.54, 1.807) is 24.3 Å². The van der Waals surface area contributed by atoms with E-state index in [0.29, 0.717) is 29.7 Å². The van der Waals surface area contributed by atoms with Gasteiger partial charge in [-0.25, -0.2) is 8.78 Å². The van der Waals surface area contributed by atoms with Crippen LogP contribution >= 0.6 is 0 Å². The summed E-state index contributed by atoms with van der Waals surface area (Å²) in [6.07, 6.45) is 0.186. The van der Waals surface area contributed by atoms with Gasteiger partial charge in [-0.3, -0.25) is 4.79 Å². The number of rotatable bonds is 5. The molecule has 0 radical (unpaired) electrons. The van der Waals surface area contributed by atoms with Gasteiger partial charge in [-0.15, -0.1) is 0 Å². The van der Waals surface area contributed by atoms with E-state index in [4.69, 9.17) is 4.74 Å². The predicted molar refractivity (Wildman–Crippen MR) is 102 cm³/mol. The van der Waals surface area contributed by atoms with Crippen molar-refractivity contribution < 1.29 is 18.3 Å². The third kappa shape index (κ3) is 4.03. The molecule has 0 saturated heterocycles. The Balaban J connectivity index is 1.54. The number of fused-ring (bicyclic) bond motifs is 1. The highest BCUT2D eigenvalue weighted by atomic mass is 19.1. The molecule has 0 aromatic heterocycles. The zero-order valence-corrected chi connectivity index (χ0v) is 15.1. The average Bonchev–Trinajstić information content (AvgIpc) is 3.12. The fourth-order valence-corrected chi connectivity index (χ4v) is 3.47. The van der Waals surface area contributed by atoms with Crippen LogP contribution < -0.4 is 10.1 Å². The van der Waals surface area contributed by atoms with Crippen LogP contribution in [0.4, 0.5) is 8.78 Å². The Morgan fingerprint density at radius 2 is 1.75 bits per heavy atom. The Labute approximate surface area is 162 Å². The summed E-state index contributed by atoms with van der Waals surface area (Å²) in [4.78, 5) is 12.8. The fourth-order valence-electron chi connectivity index (χ4n) is 3.47. The molecular formula is C23H19F2NO2. The summed E-state index contributed by atoms with van der Waals surface area (Å²) in [5, 5.41) is 2.95. The zero-order valence-electron chi connectivity index (χ0n) is 15.1. The lowest BCUT2D eigenvalue weighted by Gasteiger charge is -2.21. The van der Waals surface area contributed by atoms with Gasteiger partial charge in [0, 0.05) is 6.42 Å². The van der Waals surface area contributed by atoms with Gasteiger partial charge in [-0.2, -0.15) is 0 Å². The van der Waals surface area contributed by atoms with Crippen molar-refractivity contribution in [2.45, 2.75) is 25.0 Å². The van der Waals surface area contributed by atoms with Crippen LogP contribution in [0.15, 0.2) is 72.8 Å². The minimum absolute atomic E-state index is 0.276. The smallest absolute Gasteiger partial charge is 0.261 e. The highest BCUT2D eigenvalue weighted by molar-refractivity contribution is 5.83. The lowest BCUT2D eigenvalue weighted by molar-refractivity contribution is -0.128. The minimum atomic E-state index is -0.638. The third-order valence-corrected chi connectivity index (χ3v) is 4.84. The summed E-state index contributed by atoms with van der Waals surface area (Å²) < 4.78 is 33.1. The molecule has 3 aromatic carbocycles. The van der Waals surface area contributed by atoms with E-state index in [2.05, 4.69) is 5.32 Å². The molecule has 1 amide bonds. The van der Waals surface area contributed by atoms with Gasteiger partial charge in [0.2, 0.25) is 0 Å². The summed E-state index contributed by atoms with van der Waals surface area (Å²) in [5.41, 5.74) is 2.31. The number of para-hydroxylation sites is 1. The van der Waals surface area contributed by atoms with Crippen molar-refractivity contribution in [3.63, 3.8) is 0 Å². The first kappa shape index (κ1) is 18.2. The normalized spacial score (nSPS) is 16.1. The van der Waals surface area contributed by atoms with Crippen molar-refractivity contribution in [3.05, 3.63) is 101 Å². The third-order valence-electron chi connectivity index (χ3n) is 4.84.